The quantitative estimate of drug-likeness (QED) is 0.376. The van der Waals surface area contributed by atoms with Gasteiger partial charge in [0.25, 0.3) is 0 Å². The van der Waals surface area contributed by atoms with Gasteiger partial charge in [0.2, 0.25) is 0 Å². The largest absolute Gasteiger partial charge is 0.357 e. The number of hydrogen-bond donors (Lipinski definition) is 1. The Morgan fingerprint density at radius 3 is 2.54 bits per heavy atom. The van der Waals surface area contributed by atoms with Crippen molar-refractivity contribution in [2.45, 2.75) is 40.2 Å². The molecule has 0 fully saturated rings. The third-order valence-electron chi connectivity index (χ3n) is 4.57. The number of rotatable bonds is 6. The molecule has 26 heavy (non-hydrogen) atoms. The molecule has 1 aliphatic heterocycles. The summed E-state index contributed by atoms with van der Waals surface area (Å²) in [7, 11) is -2.93. The summed E-state index contributed by atoms with van der Waals surface area (Å²) < 4.78 is 22.9. The van der Waals surface area contributed by atoms with E-state index in [1.807, 2.05) is 0 Å². The van der Waals surface area contributed by atoms with E-state index in [0.717, 1.165) is 32.0 Å². The molecule has 5 nitrogen and oxygen atoms in total. The highest BCUT2D eigenvalue weighted by Gasteiger charge is 2.22. The van der Waals surface area contributed by atoms with Crippen LogP contribution in [-0.2, 0) is 22.8 Å². The van der Waals surface area contributed by atoms with Crippen molar-refractivity contribution in [1.82, 2.24) is 10.2 Å². The zero-order valence-corrected chi connectivity index (χ0v) is 19.4. The molecule has 1 heterocycles. The van der Waals surface area contributed by atoms with Crippen LogP contribution in [-0.4, -0.2) is 50.9 Å². The van der Waals surface area contributed by atoms with Crippen LogP contribution in [0.4, 0.5) is 0 Å². The predicted molar refractivity (Wildman–Crippen MR) is 120 cm³/mol. The van der Waals surface area contributed by atoms with Gasteiger partial charge >= 0.3 is 0 Å². The highest BCUT2D eigenvalue weighted by atomic mass is 127. The zero-order chi connectivity index (χ0) is 18.5. The van der Waals surface area contributed by atoms with Gasteiger partial charge in [0.1, 0.15) is 9.84 Å². The first-order chi connectivity index (χ1) is 11.7. The van der Waals surface area contributed by atoms with E-state index in [2.05, 4.69) is 55.3 Å². The maximum absolute atomic E-state index is 11.4. The van der Waals surface area contributed by atoms with E-state index in [-0.39, 0.29) is 35.1 Å². The van der Waals surface area contributed by atoms with Crippen LogP contribution in [0.3, 0.4) is 0 Å². The van der Waals surface area contributed by atoms with Gasteiger partial charge in [-0.15, -0.1) is 24.0 Å². The van der Waals surface area contributed by atoms with E-state index in [9.17, 15) is 8.42 Å². The summed E-state index contributed by atoms with van der Waals surface area (Å²) in [5, 5.41) is 3.39. The van der Waals surface area contributed by atoms with Crippen molar-refractivity contribution in [3.63, 3.8) is 0 Å². The Labute approximate surface area is 175 Å². The average molecular weight is 493 g/mol. The van der Waals surface area contributed by atoms with Gasteiger partial charge in [0.05, 0.1) is 5.75 Å². The van der Waals surface area contributed by atoms with Crippen LogP contribution < -0.4 is 5.32 Å². The number of sulfone groups is 1. The Morgan fingerprint density at radius 2 is 1.92 bits per heavy atom. The second kappa shape index (κ2) is 9.92. The first-order valence-electron chi connectivity index (χ1n) is 8.98. The van der Waals surface area contributed by atoms with Crippen LogP contribution in [0.1, 0.15) is 38.3 Å². The van der Waals surface area contributed by atoms with Gasteiger partial charge in [0, 0.05) is 32.4 Å². The minimum Gasteiger partial charge on any atom is -0.357 e. The number of nitrogens with one attached hydrogen (secondary N) is 1. The van der Waals surface area contributed by atoms with Crippen LogP contribution in [0, 0.1) is 5.41 Å². The summed E-state index contributed by atoms with van der Waals surface area (Å²) >= 11 is 0. The van der Waals surface area contributed by atoms with Crippen LogP contribution in [0.2, 0.25) is 0 Å². The zero-order valence-electron chi connectivity index (χ0n) is 16.3. The van der Waals surface area contributed by atoms with Crippen LogP contribution in [0.5, 0.6) is 0 Å². The molecule has 2 rings (SSSR count). The number of aliphatic imine (C=N–C) groups is 1. The highest BCUT2D eigenvalue weighted by Crippen LogP contribution is 2.23. The summed E-state index contributed by atoms with van der Waals surface area (Å²) in [4.78, 5) is 7.11. The molecule has 1 N–H and O–H groups in total. The van der Waals surface area contributed by atoms with E-state index < -0.39 is 9.84 Å². The smallest absolute Gasteiger partial charge is 0.194 e. The first kappa shape index (κ1) is 23.2. The topological polar surface area (TPSA) is 61.8 Å². The van der Waals surface area contributed by atoms with Crippen molar-refractivity contribution in [1.29, 1.82) is 0 Å². The number of guanidine groups is 1. The predicted octanol–water partition coefficient (Wildman–Crippen LogP) is 3.09. The van der Waals surface area contributed by atoms with Crippen molar-refractivity contribution in [2.75, 3.05) is 31.6 Å². The Bertz CT molecular complexity index is 717. The fraction of sp³-hybridized carbons (Fsp3) is 0.632. The van der Waals surface area contributed by atoms with Crippen molar-refractivity contribution < 1.29 is 8.42 Å². The van der Waals surface area contributed by atoms with E-state index in [1.165, 1.54) is 17.4 Å². The van der Waals surface area contributed by atoms with Gasteiger partial charge in [-0.3, -0.25) is 4.99 Å². The lowest BCUT2D eigenvalue weighted by atomic mass is 9.90. The van der Waals surface area contributed by atoms with E-state index in [4.69, 9.17) is 4.99 Å². The molecule has 148 valence electrons. The van der Waals surface area contributed by atoms with E-state index in [1.54, 1.807) is 0 Å². The highest BCUT2D eigenvalue weighted by molar-refractivity contribution is 14.0. The molecule has 0 radical (unpaired) electrons. The SMILES string of the molecule is CCNC(=NCC(C)(C)CCS(C)(=O)=O)N1CCc2ccccc2C1.I. The van der Waals surface area contributed by atoms with Gasteiger partial charge in [-0.25, -0.2) is 8.42 Å². The molecule has 0 unspecified atom stereocenters. The summed E-state index contributed by atoms with van der Waals surface area (Å²) in [6.07, 6.45) is 2.94. The third kappa shape index (κ3) is 7.42. The average Bonchev–Trinajstić information content (AvgIpc) is 2.56. The lowest BCUT2D eigenvalue weighted by Gasteiger charge is -2.32. The van der Waals surface area contributed by atoms with Gasteiger partial charge in [-0.1, -0.05) is 38.1 Å². The first-order valence-corrected chi connectivity index (χ1v) is 11.0. The fourth-order valence-electron chi connectivity index (χ4n) is 2.93. The monoisotopic (exact) mass is 493 g/mol. The van der Waals surface area contributed by atoms with E-state index >= 15 is 0 Å². The molecule has 7 heteroatoms. The maximum Gasteiger partial charge on any atom is 0.194 e. The Kier molecular flexibility index (Phi) is 8.85. The van der Waals surface area contributed by atoms with E-state index in [0.29, 0.717) is 13.0 Å². The maximum atomic E-state index is 11.4. The Hall–Kier alpha value is -0.830. The normalized spacial score (nSPS) is 15.2. The van der Waals surface area contributed by atoms with Gasteiger partial charge < -0.3 is 10.2 Å². The summed E-state index contributed by atoms with van der Waals surface area (Å²) in [5.74, 6) is 1.13. The number of hydrogen-bond acceptors (Lipinski definition) is 3. The van der Waals surface area contributed by atoms with Gasteiger partial charge in [-0.2, -0.15) is 0 Å². The fourth-order valence-corrected chi connectivity index (χ4v) is 3.86. The molecule has 0 saturated carbocycles. The van der Waals surface area contributed by atoms with Crippen molar-refractivity contribution in [3.05, 3.63) is 35.4 Å². The minimum absolute atomic E-state index is 0. The molecule has 0 saturated heterocycles. The van der Waals surface area contributed by atoms with Crippen LogP contribution >= 0.6 is 24.0 Å². The second-order valence-electron chi connectivity index (χ2n) is 7.65. The van der Waals surface area contributed by atoms with Gasteiger partial charge in [0.15, 0.2) is 5.96 Å². The Balaban J connectivity index is 0.00000338. The molecule has 0 aromatic heterocycles. The number of benzene rings is 1. The molecule has 0 bridgehead atoms. The number of nitrogens with zero attached hydrogens (tertiary/aromatic N) is 2. The third-order valence-corrected chi connectivity index (χ3v) is 5.52. The van der Waals surface area contributed by atoms with Crippen molar-refractivity contribution >= 4 is 39.8 Å². The molecule has 0 atom stereocenters. The number of halogens is 1. The summed E-state index contributed by atoms with van der Waals surface area (Å²) in [5.41, 5.74) is 2.64. The van der Waals surface area contributed by atoms with Crippen LogP contribution in [0.25, 0.3) is 0 Å². The number of fused-ring (bicyclic) bond motifs is 1. The molecule has 0 aliphatic carbocycles. The molecule has 0 amide bonds. The molecule has 1 aromatic carbocycles. The molecule has 1 aromatic rings. The minimum atomic E-state index is -2.93. The molecule has 1 aliphatic rings. The summed E-state index contributed by atoms with van der Waals surface area (Å²) in [6.45, 7) is 9.48. The summed E-state index contributed by atoms with van der Waals surface area (Å²) in [6, 6.07) is 8.56. The molecular formula is C19H32IN3O2S. The van der Waals surface area contributed by atoms with Gasteiger partial charge in [-0.05, 0) is 36.3 Å². The second-order valence-corrected chi connectivity index (χ2v) is 9.91. The van der Waals surface area contributed by atoms with Crippen molar-refractivity contribution in [3.8, 4) is 0 Å². The van der Waals surface area contributed by atoms with Crippen LogP contribution in [0.15, 0.2) is 29.3 Å². The lowest BCUT2D eigenvalue weighted by molar-refractivity contribution is 0.349. The van der Waals surface area contributed by atoms with Crippen molar-refractivity contribution in [2.24, 2.45) is 10.4 Å². The lowest BCUT2D eigenvalue weighted by Crippen LogP contribution is -2.44. The molecular weight excluding hydrogens is 461 g/mol. The molecule has 0 spiro atoms. The standard InChI is InChI=1S/C19H31N3O2S.HI/c1-5-20-18(21-15-19(2,3)11-13-25(4,23)24)22-12-10-16-8-6-7-9-17(16)14-22;/h6-9H,5,10-15H2,1-4H3,(H,20,21);1H. The Morgan fingerprint density at radius 1 is 1.27 bits per heavy atom.